The monoisotopic (exact) mass is 252 g/mol. The highest BCUT2D eigenvalue weighted by atomic mass is 32.1. The average Bonchev–Trinajstić information content (AvgIpc) is 2.28. The number of ether oxygens (including phenoxy) is 1. The van der Waals surface area contributed by atoms with Crippen molar-refractivity contribution >= 4 is 22.9 Å². The standard InChI is InChI=1S/C13H20N2OS/c1-9-5-4-6-11(13(14)17)12(9)15-10(2)7-8-16-3/h4-6,10,15H,7-8H2,1-3H3,(H2,14,17). The minimum absolute atomic E-state index is 0.323. The molecule has 1 unspecified atom stereocenters. The van der Waals surface area contributed by atoms with Gasteiger partial charge in [-0.2, -0.15) is 0 Å². The quantitative estimate of drug-likeness (QED) is 0.764. The van der Waals surface area contributed by atoms with Gasteiger partial charge in [0.1, 0.15) is 4.99 Å². The Hall–Kier alpha value is -1.13. The van der Waals surface area contributed by atoms with E-state index in [1.807, 2.05) is 25.1 Å². The van der Waals surface area contributed by atoms with Gasteiger partial charge in [0.05, 0.1) is 0 Å². The second-order valence-corrected chi connectivity index (χ2v) is 4.63. The lowest BCUT2D eigenvalue weighted by molar-refractivity contribution is 0.191. The summed E-state index contributed by atoms with van der Waals surface area (Å²) in [5, 5.41) is 3.45. The Balaban J connectivity index is 2.85. The molecule has 1 aromatic carbocycles. The van der Waals surface area contributed by atoms with E-state index in [1.165, 1.54) is 0 Å². The van der Waals surface area contributed by atoms with Crippen LogP contribution in [0.4, 0.5) is 5.69 Å². The smallest absolute Gasteiger partial charge is 0.106 e. The molecule has 94 valence electrons. The molecule has 0 spiro atoms. The largest absolute Gasteiger partial charge is 0.389 e. The van der Waals surface area contributed by atoms with E-state index in [-0.39, 0.29) is 0 Å². The van der Waals surface area contributed by atoms with Crippen molar-refractivity contribution in [2.45, 2.75) is 26.3 Å². The van der Waals surface area contributed by atoms with E-state index in [4.69, 9.17) is 22.7 Å². The first-order valence-corrected chi connectivity index (χ1v) is 6.12. The fourth-order valence-electron chi connectivity index (χ4n) is 1.68. The molecule has 1 rings (SSSR count). The molecule has 0 fully saturated rings. The van der Waals surface area contributed by atoms with Crippen LogP contribution in [0.2, 0.25) is 0 Å². The number of aryl methyl sites for hydroxylation is 1. The molecule has 1 aromatic rings. The van der Waals surface area contributed by atoms with Gasteiger partial charge in [-0.15, -0.1) is 0 Å². The van der Waals surface area contributed by atoms with E-state index in [0.29, 0.717) is 11.0 Å². The molecule has 1 atom stereocenters. The molecule has 0 aliphatic rings. The Labute approximate surface area is 108 Å². The third-order valence-corrected chi connectivity index (χ3v) is 2.90. The first-order chi connectivity index (χ1) is 8.06. The number of hydrogen-bond donors (Lipinski definition) is 2. The van der Waals surface area contributed by atoms with Gasteiger partial charge in [0.25, 0.3) is 0 Å². The molecule has 0 aliphatic carbocycles. The number of nitrogens with two attached hydrogens (primary N) is 1. The lowest BCUT2D eigenvalue weighted by atomic mass is 10.1. The van der Waals surface area contributed by atoms with Crippen molar-refractivity contribution in [3.05, 3.63) is 29.3 Å². The average molecular weight is 252 g/mol. The lowest BCUT2D eigenvalue weighted by Gasteiger charge is -2.19. The van der Waals surface area contributed by atoms with Crippen LogP contribution in [0.25, 0.3) is 0 Å². The van der Waals surface area contributed by atoms with Gasteiger partial charge >= 0.3 is 0 Å². The molecule has 0 saturated carbocycles. The van der Waals surface area contributed by atoms with Gasteiger partial charge in [0.15, 0.2) is 0 Å². The maximum atomic E-state index is 5.73. The zero-order chi connectivity index (χ0) is 12.8. The van der Waals surface area contributed by atoms with Crippen molar-refractivity contribution in [1.29, 1.82) is 0 Å². The predicted octanol–water partition coefficient (Wildman–Crippen LogP) is 2.47. The summed E-state index contributed by atoms with van der Waals surface area (Å²) < 4.78 is 5.07. The molecule has 0 aliphatic heterocycles. The molecule has 4 heteroatoms. The van der Waals surface area contributed by atoms with Crippen molar-refractivity contribution in [3.63, 3.8) is 0 Å². The summed E-state index contributed by atoms with van der Waals surface area (Å²) in [4.78, 5) is 0.426. The Morgan fingerprint density at radius 3 is 2.82 bits per heavy atom. The van der Waals surface area contributed by atoms with Crippen LogP contribution < -0.4 is 11.1 Å². The molecule has 0 heterocycles. The topological polar surface area (TPSA) is 47.3 Å². The van der Waals surface area contributed by atoms with Crippen LogP contribution in [-0.2, 0) is 4.74 Å². The minimum atomic E-state index is 0.323. The zero-order valence-electron chi connectivity index (χ0n) is 10.6. The second-order valence-electron chi connectivity index (χ2n) is 4.19. The number of nitrogens with one attached hydrogen (secondary N) is 1. The maximum absolute atomic E-state index is 5.73. The highest BCUT2D eigenvalue weighted by molar-refractivity contribution is 7.80. The van der Waals surface area contributed by atoms with Crippen LogP contribution >= 0.6 is 12.2 Å². The van der Waals surface area contributed by atoms with Crippen LogP contribution in [0, 0.1) is 6.92 Å². The van der Waals surface area contributed by atoms with Crippen molar-refractivity contribution in [1.82, 2.24) is 0 Å². The van der Waals surface area contributed by atoms with Crippen LogP contribution in [-0.4, -0.2) is 24.7 Å². The molecule has 0 aromatic heterocycles. The number of thiocarbonyl (C=S) groups is 1. The van der Waals surface area contributed by atoms with Crippen LogP contribution in [0.3, 0.4) is 0 Å². The number of anilines is 1. The molecule has 3 nitrogen and oxygen atoms in total. The summed E-state index contributed by atoms with van der Waals surface area (Å²) in [6, 6.07) is 6.28. The van der Waals surface area contributed by atoms with Crippen molar-refractivity contribution in [2.75, 3.05) is 19.0 Å². The predicted molar refractivity (Wildman–Crippen MR) is 76.6 cm³/mol. The van der Waals surface area contributed by atoms with Crippen molar-refractivity contribution in [3.8, 4) is 0 Å². The van der Waals surface area contributed by atoms with Crippen molar-refractivity contribution < 1.29 is 4.74 Å². The third-order valence-electron chi connectivity index (χ3n) is 2.68. The van der Waals surface area contributed by atoms with E-state index in [0.717, 1.165) is 29.8 Å². The summed E-state index contributed by atoms with van der Waals surface area (Å²) in [6.07, 6.45) is 0.946. The van der Waals surface area contributed by atoms with E-state index in [2.05, 4.69) is 12.2 Å². The maximum Gasteiger partial charge on any atom is 0.106 e. The first-order valence-electron chi connectivity index (χ1n) is 5.71. The Morgan fingerprint density at radius 1 is 1.53 bits per heavy atom. The lowest BCUT2D eigenvalue weighted by Crippen LogP contribution is -2.21. The Kier molecular flexibility index (Phi) is 5.38. The highest BCUT2D eigenvalue weighted by Gasteiger charge is 2.10. The molecule has 0 amide bonds. The van der Waals surface area contributed by atoms with E-state index >= 15 is 0 Å². The summed E-state index contributed by atoms with van der Waals surface area (Å²) in [7, 11) is 1.71. The zero-order valence-corrected chi connectivity index (χ0v) is 11.4. The molecule has 17 heavy (non-hydrogen) atoms. The summed E-state index contributed by atoms with van der Waals surface area (Å²) in [6.45, 7) is 4.91. The Morgan fingerprint density at radius 2 is 2.24 bits per heavy atom. The number of hydrogen-bond acceptors (Lipinski definition) is 3. The number of methoxy groups -OCH3 is 1. The SMILES string of the molecule is COCCC(C)Nc1c(C)cccc1C(N)=S. The van der Waals surface area contributed by atoms with Gasteiger partial charge in [-0.1, -0.05) is 24.4 Å². The van der Waals surface area contributed by atoms with E-state index in [9.17, 15) is 0 Å². The Bertz CT molecular complexity index is 393. The number of para-hydroxylation sites is 1. The number of benzene rings is 1. The number of rotatable bonds is 6. The minimum Gasteiger partial charge on any atom is -0.389 e. The van der Waals surface area contributed by atoms with Crippen LogP contribution in [0.15, 0.2) is 18.2 Å². The van der Waals surface area contributed by atoms with E-state index < -0.39 is 0 Å². The second kappa shape index (κ2) is 6.57. The molecule has 0 saturated heterocycles. The van der Waals surface area contributed by atoms with Crippen LogP contribution in [0.1, 0.15) is 24.5 Å². The van der Waals surface area contributed by atoms with Gasteiger partial charge in [0, 0.05) is 31.0 Å². The van der Waals surface area contributed by atoms with Gasteiger partial charge < -0.3 is 15.8 Å². The fourth-order valence-corrected chi connectivity index (χ4v) is 1.85. The van der Waals surface area contributed by atoms with E-state index in [1.54, 1.807) is 7.11 Å². The molecule has 0 bridgehead atoms. The summed E-state index contributed by atoms with van der Waals surface area (Å²) in [5.41, 5.74) is 8.82. The molecule has 3 N–H and O–H groups in total. The first kappa shape index (κ1) is 13.9. The normalized spacial score (nSPS) is 12.2. The van der Waals surface area contributed by atoms with Gasteiger partial charge in [-0.25, -0.2) is 0 Å². The summed E-state index contributed by atoms with van der Waals surface area (Å²) >= 11 is 5.06. The molecular formula is C13H20N2OS. The van der Waals surface area contributed by atoms with Gasteiger partial charge in [0.2, 0.25) is 0 Å². The fraction of sp³-hybridized carbons (Fsp3) is 0.462. The third kappa shape index (κ3) is 3.98. The van der Waals surface area contributed by atoms with Crippen LogP contribution in [0.5, 0.6) is 0 Å². The molecule has 0 radical (unpaired) electrons. The highest BCUT2D eigenvalue weighted by Crippen LogP contribution is 2.21. The van der Waals surface area contributed by atoms with Gasteiger partial charge in [-0.05, 0) is 31.9 Å². The van der Waals surface area contributed by atoms with Gasteiger partial charge in [-0.3, -0.25) is 0 Å². The summed E-state index contributed by atoms with van der Waals surface area (Å²) in [5.74, 6) is 0. The van der Waals surface area contributed by atoms with Crippen molar-refractivity contribution in [2.24, 2.45) is 5.73 Å². The molecular weight excluding hydrogens is 232 g/mol.